The smallest absolute Gasteiger partial charge is 0.404 e. The highest BCUT2D eigenvalue weighted by atomic mass is 32.1. The van der Waals surface area contributed by atoms with E-state index in [1.54, 1.807) is 16.8 Å². The molecule has 1 unspecified atom stereocenters. The molecule has 0 aromatic carbocycles. The van der Waals surface area contributed by atoms with Crippen molar-refractivity contribution in [3.63, 3.8) is 0 Å². The Balaban J connectivity index is 2.72. The Kier molecular flexibility index (Phi) is 4.53. The van der Waals surface area contributed by atoms with Crippen LogP contribution in [0.4, 0.5) is 13.2 Å². The van der Waals surface area contributed by atoms with Crippen LogP contribution in [-0.4, -0.2) is 35.2 Å². The standard InChI is InChI=1S/C10H12F3NO2S/c1-14(5-7-2-3-17-6-7)8(4-9(15)16)10(11,12)13/h2-3,6,8H,4-5H2,1H3,(H,15,16). The zero-order valence-corrected chi connectivity index (χ0v) is 9.88. The van der Waals surface area contributed by atoms with Gasteiger partial charge in [-0.1, -0.05) is 0 Å². The molecule has 0 radical (unpaired) electrons. The lowest BCUT2D eigenvalue weighted by Gasteiger charge is -2.28. The molecule has 0 spiro atoms. The summed E-state index contributed by atoms with van der Waals surface area (Å²) in [5, 5.41) is 12.0. The molecule has 1 N–H and O–H groups in total. The Morgan fingerprint density at radius 3 is 2.65 bits per heavy atom. The molecule has 0 amide bonds. The van der Waals surface area contributed by atoms with E-state index >= 15 is 0 Å². The number of aliphatic carboxylic acids is 1. The van der Waals surface area contributed by atoms with E-state index < -0.39 is 24.6 Å². The zero-order valence-electron chi connectivity index (χ0n) is 9.07. The van der Waals surface area contributed by atoms with Crippen LogP contribution in [0.1, 0.15) is 12.0 Å². The van der Waals surface area contributed by atoms with Crippen LogP contribution in [0.25, 0.3) is 0 Å². The molecule has 1 atom stereocenters. The van der Waals surface area contributed by atoms with Crippen molar-refractivity contribution in [1.82, 2.24) is 4.90 Å². The Bertz CT molecular complexity index is 364. The van der Waals surface area contributed by atoms with E-state index in [2.05, 4.69) is 0 Å². The Hall–Kier alpha value is -1.08. The first kappa shape index (κ1) is 14.0. The van der Waals surface area contributed by atoms with E-state index in [0.29, 0.717) is 0 Å². The molecule has 0 aliphatic carbocycles. The van der Waals surface area contributed by atoms with Gasteiger partial charge in [0.25, 0.3) is 0 Å². The van der Waals surface area contributed by atoms with Crippen LogP contribution in [0, 0.1) is 0 Å². The number of hydrogen-bond acceptors (Lipinski definition) is 3. The van der Waals surface area contributed by atoms with Crippen molar-refractivity contribution in [2.45, 2.75) is 25.2 Å². The molecular formula is C10H12F3NO2S. The van der Waals surface area contributed by atoms with Crippen molar-refractivity contribution in [2.75, 3.05) is 7.05 Å². The van der Waals surface area contributed by atoms with Gasteiger partial charge in [-0.3, -0.25) is 9.69 Å². The molecule has 17 heavy (non-hydrogen) atoms. The molecule has 7 heteroatoms. The number of thiophene rings is 1. The first-order valence-corrected chi connectivity index (χ1v) is 5.75. The molecule has 1 rings (SSSR count). The SMILES string of the molecule is CN(Cc1ccsc1)C(CC(=O)O)C(F)(F)F. The van der Waals surface area contributed by atoms with Crippen LogP contribution in [0.3, 0.4) is 0 Å². The highest BCUT2D eigenvalue weighted by Crippen LogP contribution is 2.27. The number of carboxylic acids is 1. The van der Waals surface area contributed by atoms with Gasteiger partial charge in [0.05, 0.1) is 6.42 Å². The average molecular weight is 267 g/mol. The van der Waals surface area contributed by atoms with Gasteiger partial charge in [0, 0.05) is 6.54 Å². The maximum absolute atomic E-state index is 12.7. The number of hydrogen-bond donors (Lipinski definition) is 1. The third kappa shape index (κ3) is 4.35. The molecule has 0 bridgehead atoms. The third-order valence-corrected chi connectivity index (χ3v) is 3.02. The number of carbonyl (C=O) groups is 1. The second kappa shape index (κ2) is 5.50. The predicted molar refractivity (Wildman–Crippen MR) is 57.9 cm³/mol. The molecule has 0 fully saturated rings. The molecule has 0 aliphatic heterocycles. The second-order valence-electron chi connectivity index (χ2n) is 3.70. The fourth-order valence-electron chi connectivity index (χ4n) is 1.47. The second-order valence-corrected chi connectivity index (χ2v) is 4.48. The maximum atomic E-state index is 12.7. The van der Waals surface area contributed by atoms with Gasteiger partial charge < -0.3 is 5.11 Å². The molecule has 3 nitrogen and oxygen atoms in total. The molecule has 1 aromatic heterocycles. The summed E-state index contributed by atoms with van der Waals surface area (Å²) in [5.74, 6) is -1.45. The normalized spacial score (nSPS) is 13.9. The fraction of sp³-hybridized carbons (Fsp3) is 0.500. The van der Waals surface area contributed by atoms with Crippen LogP contribution >= 0.6 is 11.3 Å². The lowest BCUT2D eigenvalue weighted by Crippen LogP contribution is -2.44. The van der Waals surface area contributed by atoms with Gasteiger partial charge in [-0.25, -0.2) is 0 Å². The van der Waals surface area contributed by atoms with Gasteiger partial charge in [-0.2, -0.15) is 24.5 Å². The summed E-state index contributed by atoms with van der Waals surface area (Å²) in [5.41, 5.74) is 0.747. The summed E-state index contributed by atoms with van der Waals surface area (Å²) in [4.78, 5) is 11.4. The fourth-order valence-corrected chi connectivity index (χ4v) is 2.13. The van der Waals surface area contributed by atoms with Gasteiger partial charge in [-0.05, 0) is 29.4 Å². The molecule has 96 valence electrons. The molecule has 0 saturated heterocycles. The quantitative estimate of drug-likeness (QED) is 0.891. The first-order chi connectivity index (χ1) is 7.80. The van der Waals surface area contributed by atoms with E-state index in [1.165, 1.54) is 18.4 Å². The number of alkyl halides is 3. The van der Waals surface area contributed by atoms with E-state index in [4.69, 9.17) is 5.11 Å². The number of halogens is 3. The van der Waals surface area contributed by atoms with Gasteiger partial charge in [-0.15, -0.1) is 0 Å². The lowest BCUT2D eigenvalue weighted by atomic mass is 10.1. The van der Waals surface area contributed by atoms with Gasteiger partial charge >= 0.3 is 12.1 Å². The first-order valence-electron chi connectivity index (χ1n) is 4.80. The van der Waals surface area contributed by atoms with Crippen LogP contribution in [-0.2, 0) is 11.3 Å². The highest BCUT2D eigenvalue weighted by molar-refractivity contribution is 7.07. The Morgan fingerprint density at radius 1 is 1.59 bits per heavy atom. The molecule has 1 aromatic rings. The van der Waals surface area contributed by atoms with Crippen molar-refractivity contribution in [2.24, 2.45) is 0 Å². The van der Waals surface area contributed by atoms with Crippen LogP contribution < -0.4 is 0 Å². The summed E-state index contributed by atoms with van der Waals surface area (Å²) < 4.78 is 38.0. The van der Waals surface area contributed by atoms with Gasteiger partial charge in [0.1, 0.15) is 6.04 Å². The minimum Gasteiger partial charge on any atom is -0.481 e. The largest absolute Gasteiger partial charge is 0.481 e. The number of rotatable bonds is 5. The summed E-state index contributed by atoms with van der Waals surface area (Å²) in [6.07, 6.45) is -5.48. The van der Waals surface area contributed by atoms with E-state index in [9.17, 15) is 18.0 Å². The van der Waals surface area contributed by atoms with Crippen LogP contribution in [0.15, 0.2) is 16.8 Å². The lowest BCUT2D eigenvalue weighted by molar-refractivity contribution is -0.188. The maximum Gasteiger partial charge on any atom is 0.404 e. The summed E-state index contributed by atoms with van der Waals surface area (Å²) >= 11 is 1.39. The van der Waals surface area contributed by atoms with Crippen molar-refractivity contribution >= 4 is 17.3 Å². The Morgan fingerprint density at radius 2 is 2.24 bits per heavy atom. The zero-order chi connectivity index (χ0) is 13.1. The molecular weight excluding hydrogens is 255 g/mol. The van der Waals surface area contributed by atoms with Crippen molar-refractivity contribution < 1.29 is 23.1 Å². The topological polar surface area (TPSA) is 40.5 Å². The highest BCUT2D eigenvalue weighted by Gasteiger charge is 2.43. The van der Waals surface area contributed by atoms with Crippen molar-refractivity contribution in [1.29, 1.82) is 0 Å². The predicted octanol–water partition coefficient (Wildman–Crippen LogP) is 2.59. The van der Waals surface area contributed by atoms with E-state index in [0.717, 1.165) is 10.5 Å². The summed E-state index contributed by atoms with van der Waals surface area (Å²) in [7, 11) is 1.28. The van der Waals surface area contributed by atoms with Gasteiger partial charge in [0.15, 0.2) is 0 Å². The molecule has 0 saturated carbocycles. The molecule has 0 aliphatic rings. The Labute approximate surface area is 100 Å². The monoisotopic (exact) mass is 267 g/mol. The summed E-state index contributed by atoms with van der Waals surface area (Å²) in [6.45, 7) is 0.0843. The van der Waals surface area contributed by atoms with Crippen molar-refractivity contribution in [3.05, 3.63) is 22.4 Å². The van der Waals surface area contributed by atoms with Crippen LogP contribution in [0.5, 0.6) is 0 Å². The third-order valence-electron chi connectivity index (χ3n) is 2.29. The molecule has 1 heterocycles. The number of carboxylic acid groups (broad SMARTS) is 1. The average Bonchev–Trinajstić information content (AvgIpc) is 2.64. The van der Waals surface area contributed by atoms with E-state index in [1.807, 2.05) is 0 Å². The number of nitrogens with zero attached hydrogens (tertiary/aromatic N) is 1. The minimum atomic E-state index is -4.54. The van der Waals surface area contributed by atoms with Gasteiger partial charge in [0.2, 0.25) is 0 Å². The van der Waals surface area contributed by atoms with Crippen LogP contribution in [0.2, 0.25) is 0 Å². The minimum absolute atomic E-state index is 0.0843. The van der Waals surface area contributed by atoms with Crippen molar-refractivity contribution in [3.8, 4) is 0 Å². The van der Waals surface area contributed by atoms with E-state index in [-0.39, 0.29) is 6.54 Å². The summed E-state index contributed by atoms with van der Waals surface area (Å²) in [6, 6.07) is -0.241.